The number of amides is 1. The van der Waals surface area contributed by atoms with Crippen LogP contribution in [0.15, 0.2) is 53.9 Å². The minimum Gasteiger partial charge on any atom is -0.365 e. The number of carbonyl (C=O) groups is 1. The van der Waals surface area contributed by atoms with E-state index in [1.807, 2.05) is 31.2 Å². The Morgan fingerprint density at radius 2 is 1.87 bits per heavy atom. The van der Waals surface area contributed by atoms with Gasteiger partial charge in [0.25, 0.3) is 5.91 Å². The van der Waals surface area contributed by atoms with Gasteiger partial charge in [0.05, 0.1) is 0 Å². The van der Waals surface area contributed by atoms with E-state index in [2.05, 4.69) is 17.0 Å². The molecule has 1 atom stereocenters. The summed E-state index contributed by atoms with van der Waals surface area (Å²) in [6.45, 7) is 3.89. The van der Waals surface area contributed by atoms with Gasteiger partial charge in [-0.25, -0.2) is 0 Å². The number of nitrogens with zero attached hydrogens (tertiary/aromatic N) is 3. The molecule has 0 radical (unpaired) electrons. The average Bonchev–Trinajstić information content (AvgIpc) is 2.91. The van der Waals surface area contributed by atoms with E-state index in [-0.39, 0.29) is 5.91 Å². The maximum atomic E-state index is 12.7. The maximum absolute atomic E-state index is 12.7. The zero-order valence-corrected chi connectivity index (χ0v) is 13.2. The van der Waals surface area contributed by atoms with Gasteiger partial charge >= 0.3 is 0 Å². The van der Waals surface area contributed by atoms with Crippen LogP contribution in [-0.2, 0) is 12.1 Å². The molecule has 0 spiro atoms. The number of carbonyl (C=O) groups excluding carboxylic acids is 1. The second kappa shape index (κ2) is 5.93. The number of hydrogen-bond donors (Lipinski definition) is 1. The molecular formula is C18H19N3O2. The molecule has 2 heterocycles. The molecule has 5 nitrogen and oxygen atoms in total. The molecule has 23 heavy (non-hydrogen) atoms. The Balaban J connectivity index is 1.98. The van der Waals surface area contributed by atoms with Gasteiger partial charge in [-0.05, 0) is 31.0 Å². The van der Waals surface area contributed by atoms with Gasteiger partial charge in [0.1, 0.15) is 0 Å². The summed E-state index contributed by atoms with van der Waals surface area (Å²) in [4.78, 5) is 16.6. The van der Waals surface area contributed by atoms with Crippen molar-refractivity contribution in [3.63, 3.8) is 0 Å². The molecule has 1 aliphatic rings. The molecule has 0 saturated carbocycles. The molecule has 0 aliphatic carbocycles. The van der Waals surface area contributed by atoms with Gasteiger partial charge in [0.2, 0.25) is 0 Å². The Morgan fingerprint density at radius 1 is 1.22 bits per heavy atom. The van der Waals surface area contributed by atoms with Gasteiger partial charge in [-0.3, -0.25) is 9.78 Å². The van der Waals surface area contributed by atoms with Crippen LogP contribution in [0.25, 0.3) is 0 Å². The van der Waals surface area contributed by atoms with Crippen LogP contribution in [-0.4, -0.2) is 26.7 Å². The molecule has 1 N–H and O–H groups in total. The molecule has 2 aromatic rings. The van der Waals surface area contributed by atoms with E-state index in [0.29, 0.717) is 17.5 Å². The third-order valence-electron chi connectivity index (χ3n) is 4.07. The lowest BCUT2D eigenvalue weighted by Crippen LogP contribution is -2.43. The SMILES string of the molecule is CCc1ccc(C2(O)CC(C)=NN2C(=O)c2ccncc2)cc1. The first-order chi connectivity index (χ1) is 11.0. The Kier molecular flexibility index (Phi) is 3.96. The van der Waals surface area contributed by atoms with Crippen molar-refractivity contribution in [3.8, 4) is 0 Å². The van der Waals surface area contributed by atoms with Crippen molar-refractivity contribution in [2.24, 2.45) is 5.10 Å². The third-order valence-corrected chi connectivity index (χ3v) is 4.07. The first kappa shape index (κ1) is 15.4. The van der Waals surface area contributed by atoms with Crippen molar-refractivity contribution in [3.05, 3.63) is 65.5 Å². The van der Waals surface area contributed by atoms with E-state index in [4.69, 9.17) is 0 Å². The first-order valence-electron chi connectivity index (χ1n) is 7.65. The predicted molar refractivity (Wildman–Crippen MR) is 87.8 cm³/mol. The highest BCUT2D eigenvalue weighted by atomic mass is 16.3. The highest BCUT2D eigenvalue weighted by Gasteiger charge is 2.45. The van der Waals surface area contributed by atoms with Gasteiger partial charge < -0.3 is 5.11 Å². The van der Waals surface area contributed by atoms with Crippen LogP contribution >= 0.6 is 0 Å². The van der Waals surface area contributed by atoms with Gasteiger partial charge in [-0.15, -0.1) is 0 Å². The van der Waals surface area contributed by atoms with Crippen LogP contribution in [0.2, 0.25) is 0 Å². The molecule has 118 valence electrons. The Morgan fingerprint density at radius 3 is 2.48 bits per heavy atom. The van der Waals surface area contributed by atoms with Crippen molar-refractivity contribution < 1.29 is 9.90 Å². The highest BCUT2D eigenvalue weighted by molar-refractivity contribution is 5.97. The molecule has 0 bridgehead atoms. The second-order valence-electron chi connectivity index (χ2n) is 5.73. The number of aliphatic hydroxyl groups is 1. The lowest BCUT2D eigenvalue weighted by atomic mass is 9.96. The molecule has 1 amide bonds. The second-order valence-corrected chi connectivity index (χ2v) is 5.73. The summed E-state index contributed by atoms with van der Waals surface area (Å²) in [5.74, 6) is -0.341. The van der Waals surface area contributed by atoms with E-state index in [1.54, 1.807) is 24.5 Å². The first-order valence-corrected chi connectivity index (χ1v) is 7.65. The molecule has 5 heteroatoms. The molecule has 1 aliphatic heterocycles. The number of benzene rings is 1. The summed E-state index contributed by atoms with van der Waals surface area (Å²) in [5.41, 5.74) is 1.56. The monoisotopic (exact) mass is 309 g/mol. The summed E-state index contributed by atoms with van der Waals surface area (Å²) < 4.78 is 0. The van der Waals surface area contributed by atoms with Crippen LogP contribution < -0.4 is 0 Å². The molecule has 0 saturated heterocycles. The molecule has 1 aromatic heterocycles. The summed E-state index contributed by atoms with van der Waals surface area (Å²) in [7, 11) is 0. The fourth-order valence-electron chi connectivity index (χ4n) is 2.78. The van der Waals surface area contributed by atoms with Gasteiger partial charge in [0.15, 0.2) is 5.72 Å². The van der Waals surface area contributed by atoms with Crippen LogP contribution in [0, 0.1) is 0 Å². The topological polar surface area (TPSA) is 65.8 Å². The van der Waals surface area contributed by atoms with Gasteiger partial charge in [0, 0.05) is 35.7 Å². The standard InChI is InChI=1S/C18H19N3O2/c1-3-14-4-6-16(7-5-14)18(23)12-13(2)20-21(18)17(22)15-8-10-19-11-9-15/h4-11,23H,3,12H2,1-2H3. The van der Waals surface area contributed by atoms with Crippen LogP contribution in [0.3, 0.4) is 0 Å². The summed E-state index contributed by atoms with van der Waals surface area (Å²) >= 11 is 0. The minimum atomic E-state index is -1.45. The summed E-state index contributed by atoms with van der Waals surface area (Å²) in [6, 6.07) is 10.9. The average molecular weight is 309 g/mol. The number of hydrogen-bond acceptors (Lipinski definition) is 4. The van der Waals surface area contributed by atoms with Crippen LogP contribution in [0.1, 0.15) is 41.8 Å². The van der Waals surface area contributed by atoms with E-state index in [1.165, 1.54) is 10.6 Å². The maximum Gasteiger partial charge on any atom is 0.277 e. The molecule has 1 aromatic carbocycles. The smallest absolute Gasteiger partial charge is 0.277 e. The van der Waals surface area contributed by atoms with E-state index in [9.17, 15) is 9.90 Å². The van der Waals surface area contributed by atoms with Gasteiger partial charge in [-0.2, -0.15) is 10.1 Å². The number of rotatable bonds is 3. The fourth-order valence-corrected chi connectivity index (χ4v) is 2.78. The van der Waals surface area contributed by atoms with Crippen LogP contribution in [0.4, 0.5) is 0 Å². The third kappa shape index (κ3) is 2.75. The Bertz CT molecular complexity index is 741. The molecular weight excluding hydrogens is 290 g/mol. The molecule has 1 unspecified atom stereocenters. The highest BCUT2D eigenvalue weighted by Crippen LogP contribution is 2.36. The zero-order valence-electron chi connectivity index (χ0n) is 13.2. The van der Waals surface area contributed by atoms with E-state index < -0.39 is 5.72 Å². The van der Waals surface area contributed by atoms with Crippen molar-refractivity contribution in [1.82, 2.24) is 9.99 Å². The number of pyridine rings is 1. The van der Waals surface area contributed by atoms with Crippen molar-refractivity contribution in [1.29, 1.82) is 0 Å². The quantitative estimate of drug-likeness (QED) is 0.948. The van der Waals surface area contributed by atoms with E-state index in [0.717, 1.165) is 12.1 Å². The molecule has 3 rings (SSSR count). The predicted octanol–water partition coefficient (Wildman–Crippen LogP) is 2.71. The Labute approximate surface area is 135 Å². The van der Waals surface area contributed by atoms with Crippen molar-refractivity contribution >= 4 is 11.6 Å². The van der Waals surface area contributed by atoms with Crippen molar-refractivity contribution in [2.75, 3.05) is 0 Å². The molecule has 0 fully saturated rings. The zero-order chi connectivity index (χ0) is 16.4. The lowest BCUT2D eigenvalue weighted by molar-refractivity contribution is -0.0765. The summed E-state index contributed by atoms with van der Waals surface area (Å²) in [6.07, 6.45) is 4.33. The number of aromatic nitrogens is 1. The Hall–Kier alpha value is -2.53. The van der Waals surface area contributed by atoms with E-state index >= 15 is 0 Å². The van der Waals surface area contributed by atoms with Crippen molar-refractivity contribution in [2.45, 2.75) is 32.4 Å². The number of hydrazone groups is 1. The minimum absolute atomic E-state index is 0.301. The largest absolute Gasteiger partial charge is 0.365 e. The fraction of sp³-hybridized carbons (Fsp3) is 0.278. The lowest BCUT2D eigenvalue weighted by Gasteiger charge is -2.31. The summed E-state index contributed by atoms with van der Waals surface area (Å²) in [5, 5.41) is 16.6. The van der Waals surface area contributed by atoms with Crippen LogP contribution in [0.5, 0.6) is 0 Å². The van der Waals surface area contributed by atoms with Gasteiger partial charge in [-0.1, -0.05) is 31.2 Å². The normalized spacial score (nSPS) is 20.5. The number of aryl methyl sites for hydroxylation is 1.